The molecule has 5 atom stereocenters. The van der Waals surface area contributed by atoms with Crippen LogP contribution < -0.4 is 0 Å². The van der Waals surface area contributed by atoms with E-state index in [9.17, 15) is 34.5 Å². The number of carbonyl (C=O) groups is 4. The quantitative estimate of drug-likeness (QED) is 0.330. The first-order valence-electron chi connectivity index (χ1n) is 10.7. The Balaban J connectivity index is 1.58. The lowest BCUT2D eigenvalue weighted by molar-refractivity contribution is -0.286. The second kappa shape index (κ2) is 10.4. The van der Waals surface area contributed by atoms with Gasteiger partial charge in [-0.1, -0.05) is 35.9 Å². The molecule has 1 aromatic carbocycles. The van der Waals surface area contributed by atoms with Gasteiger partial charge < -0.3 is 29.9 Å². The molecule has 0 radical (unpaired) electrons. The van der Waals surface area contributed by atoms with Gasteiger partial charge >= 0.3 is 11.9 Å². The van der Waals surface area contributed by atoms with Crippen molar-refractivity contribution in [2.24, 2.45) is 0 Å². The Morgan fingerprint density at radius 3 is 2.24 bits per heavy atom. The summed E-state index contributed by atoms with van der Waals surface area (Å²) in [6.45, 7) is 3.34. The second-order valence-electron chi connectivity index (χ2n) is 8.29. The third kappa shape index (κ3) is 5.15. The highest BCUT2D eigenvalue weighted by Gasteiger charge is 2.48. The van der Waals surface area contributed by atoms with Crippen molar-refractivity contribution in [1.82, 2.24) is 0 Å². The summed E-state index contributed by atoms with van der Waals surface area (Å²) in [5, 5.41) is 38.4. The average molecular weight is 474 g/mol. The van der Waals surface area contributed by atoms with Gasteiger partial charge in [0.25, 0.3) is 0 Å². The van der Waals surface area contributed by atoms with Crippen molar-refractivity contribution in [1.29, 1.82) is 0 Å². The minimum Gasteiger partial charge on any atom is -0.479 e. The van der Waals surface area contributed by atoms with Crippen LogP contribution in [-0.4, -0.2) is 74.6 Å². The largest absolute Gasteiger partial charge is 0.479 e. The fourth-order valence-corrected chi connectivity index (χ4v) is 3.81. The molecule has 1 aliphatic heterocycles. The Labute approximate surface area is 195 Å². The molecule has 1 saturated heterocycles. The summed E-state index contributed by atoms with van der Waals surface area (Å²) in [4.78, 5) is 48.7. The zero-order chi connectivity index (χ0) is 25.2. The van der Waals surface area contributed by atoms with Crippen molar-refractivity contribution in [3.05, 3.63) is 58.2 Å². The highest BCUT2D eigenvalue weighted by atomic mass is 16.7. The summed E-state index contributed by atoms with van der Waals surface area (Å²) in [5.74, 6) is -2.81. The lowest BCUT2D eigenvalue weighted by Gasteiger charge is -2.37. The number of fused-ring (bicyclic) bond motifs is 1. The van der Waals surface area contributed by atoms with E-state index in [0.29, 0.717) is 22.3 Å². The number of hydrogen-bond acceptors (Lipinski definition) is 9. The Morgan fingerprint density at radius 2 is 1.62 bits per heavy atom. The van der Waals surface area contributed by atoms with Crippen LogP contribution in [-0.2, 0) is 19.1 Å². The Morgan fingerprint density at radius 1 is 1.00 bits per heavy atom. The maximum atomic E-state index is 12.8. The number of Topliss-reactive ketones (excluding diaryl/α,β-unsaturated/α-hetero) is 2. The van der Waals surface area contributed by atoms with Crippen LogP contribution in [0.4, 0.5) is 0 Å². The number of allylic oxidation sites excluding steroid dienone is 4. The molecule has 34 heavy (non-hydrogen) atoms. The molecular formula is C24H26O10. The van der Waals surface area contributed by atoms with Crippen molar-refractivity contribution in [3.8, 4) is 0 Å². The van der Waals surface area contributed by atoms with Gasteiger partial charge in [0.1, 0.15) is 18.3 Å². The Bertz CT molecular complexity index is 1070. The van der Waals surface area contributed by atoms with Crippen molar-refractivity contribution in [2.75, 3.05) is 0 Å². The van der Waals surface area contributed by atoms with E-state index in [1.54, 1.807) is 44.2 Å². The molecule has 1 aliphatic carbocycles. The van der Waals surface area contributed by atoms with E-state index >= 15 is 0 Å². The molecule has 4 N–H and O–H groups in total. The van der Waals surface area contributed by atoms with Crippen LogP contribution >= 0.6 is 0 Å². The van der Waals surface area contributed by atoms with Crippen molar-refractivity contribution in [3.63, 3.8) is 0 Å². The fraction of sp³-hybridized carbons (Fsp3) is 0.417. The third-order valence-corrected chi connectivity index (χ3v) is 5.92. The first-order chi connectivity index (χ1) is 16.0. The monoisotopic (exact) mass is 474 g/mol. The smallest absolute Gasteiger partial charge is 0.335 e. The molecule has 0 aromatic heterocycles. The third-order valence-electron chi connectivity index (χ3n) is 5.92. The summed E-state index contributed by atoms with van der Waals surface area (Å²) in [7, 11) is 0. The van der Waals surface area contributed by atoms with Crippen molar-refractivity contribution >= 4 is 23.5 Å². The van der Waals surface area contributed by atoms with Gasteiger partial charge in [-0.25, -0.2) is 4.79 Å². The Hall–Kier alpha value is -3.18. The highest BCUT2D eigenvalue weighted by Crippen LogP contribution is 2.29. The van der Waals surface area contributed by atoms with E-state index in [1.807, 2.05) is 0 Å². The first kappa shape index (κ1) is 25.4. The van der Waals surface area contributed by atoms with Gasteiger partial charge in [0.05, 0.1) is 0 Å². The predicted octanol–water partition coefficient (Wildman–Crippen LogP) is 0.934. The zero-order valence-electron chi connectivity index (χ0n) is 18.6. The van der Waals surface area contributed by atoms with Gasteiger partial charge in [-0.3, -0.25) is 14.4 Å². The number of hydrogen-bond donors (Lipinski definition) is 4. The predicted molar refractivity (Wildman–Crippen MR) is 116 cm³/mol. The van der Waals surface area contributed by atoms with Crippen molar-refractivity contribution < 1.29 is 49.1 Å². The fourth-order valence-electron chi connectivity index (χ4n) is 3.81. The number of esters is 1. The molecule has 10 nitrogen and oxygen atoms in total. The van der Waals surface area contributed by atoms with E-state index < -0.39 is 42.6 Å². The van der Waals surface area contributed by atoms with E-state index in [4.69, 9.17) is 14.6 Å². The number of benzene rings is 1. The topological polar surface area (TPSA) is 168 Å². The number of ether oxygens (including phenoxy) is 2. The highest BCUT2D eigenvalue weighted by molar-refractivity contribution is 6.26. The van der Waals surface area contributed by atoms with Crippen LogP contribution in [0.1, 0.15) is 53.8 Å². The number of rotatable bonds is 7. The molecular weight excluding hydrogens is 448 g/mol. The van der Waals surface area contributed by atoms with Gasteiger partial charge in [0, 0.05) is 28.7 Å². The van der Waals surface area contributed by atoms with E-state index in [0.717, 1.165) is 5.57 Å². The molecule has 1 aromatic rings. The van der Waals surface area contributed by atoms with Crippen LogP contribution in [0.25, 0.3) is 0 Å². The SMILES string of the molecule is CC1=C(C/C=C(\C)CCC(=O)O[C@@H]2O[C@H](C(=O)O)[C@@H](O)[C@H](O)[C@H]2O)C(=O)c2ccccc2C1=O. The summed E-state index contributed by atoms with van der Waals surface area (Å²) < 4.78 is 9.87. The zero-order valence-corrected chi connectivity index (χ0v) is 18.6. The number of aliphatic hydroxyl groups is 3. The van der Waals surface area contributed by atoms with E-state index in [1.165, 1.54) is 0 Å². The average Bonchev–Trinajstić information content (AvgIpc) is 2.81. The lowest BCUT2D eigenvalue weighted by atomic mass is 9.83. The van der Waals surface area contributed by atoms with Crippen LogP contribution in [0.2, 0.25) is 0 Å². The summed E-state index contributed by atoms with van der Waals surface area (Å²) >= 11 is 0. The van der Waals surface area contributed by atoms with E-state index in [-0.39, 0.29) is 30.8 Å². The number of carboxylic acid groups (broad SMARTS) is 1. The van der Waals surface area contributed by atoms with Crippen molar-refractivity contribution in [2.45, 2.75) is 63.8 Å². The molecule has 2 aliphatic rings. The van der Waals surface area contributed by atoms with Gasteiger partial charge in [0.2, 0.25) is 6.29 Å². The molecule has 0 spiro atoms. The molecule has 0 amide bonds. The van der Waals surface area contributed by atoms with E-state index in [2.05, 4.69) is 0 Å². The van der Waals surface area contributed by atoms with Crippen LogP contribution in [0.5, 0.6) is 0 Å². The molecule has 182 valence electrons. The Kier molecular flexibility index (Phi) is 7.78. The minimum absolute atomic E-state index is 0.154. The van der Waals surface area contributed by atoms with Gasteiger partial charge in [-0.2, -0.15) is 0 Å². The molecule has 1 heterocycles. The van der Waals surface area contributed by atoms with Gasteiger partial charge in [-0.05, 0) is 26.7 Å². The molecule has 0 bridgehead atoms. The molecule has 10 heteroatoms. The van der Waals surface area contributed by atoms with Crippen LogP contribution in [0.3, 0.4) is 0 Å². The number of aliphatic carboxylic acids is 1. The standard InChI is InChI=1S/C24H26O10/c1-11(7-9-13-12(2)17(26)14-5-3-4-6-15(14)18(13)27)8-10-16(25)33-24-21(30)19(28)20(29)22(34-24)23(31)32/h3-7,19-22,24,28-30H,8-10H2,1-2H3,(H,31,32)/b11-7+/t19-,20-,21+,22-,24+/m0/s1. The summed E-state index contributed by atoms with van der Waals surface area (Å²) in [5.41, 5.74) is 2.24. The van der Waals surface area contributed by atoms with Gasteiger partial charge in [-0.15, -0.1) is 0 Å². The maximum absolute atomic E-state index is 12.8. The molecule has 0 unspecified atom stereocenters. The second-order valence-corrected chi connectivity index (χ2v) is 8.29. The normalized spacial score (nSPS) is 27.4. The lowest BCUT2D eigenvalue weighted by Crippen LogP contribution is -2.60. The number of carboxylic acids is 1. The number of aliphatic hydroxyl groups excluding tert-OH is 3. The molecule has 3 rings (SSSR count). The maximum Gasteiger partial charge on any atom is 0.335 e. The minimum atomic E-state index is -1.88. The first-order valence-corrected chi connectivity index (χ1v) is 10.7. The number of ketones is 2. The summed E-state index contributed by atoms with van der Waals surface area (Å²) in [6.07, 6.45) is -7.18. The molecule has 0 saturated carbocycles. The van der Waals surface area contributed by atoms with Gasteiger partial charge in [0.15, 0.2) is 17.7 Å². The molecule has 1 fully saturated rings. The number of carbonyl (C=O) groups excluding carboxylic acids is 3. The van der Waals surface area contributed by atoms with Crippen LogP contribution in [0, 0.1) is 0 Å². The summed E-state index contributed by atoms with van der Waals surface area (Å²) in [6, 6.07) is 6.63. The van der Waals surface area contributed by atoms with Crippen LogP contribution in [0.15, 0.2) is 47.1 Å².